The number of aromatic nitrogens is 4. The number of anilines is 1. The average Bonchev–Trinajstić information content (AvgIpc) is 2.82. The SMILES string of the molecule is COc1ccccc1Oc1c(NS(=O)(=O)c2ccccc2)nc(-c2ncccn2)[nH]c1=O. The van der Waals surface area contributed by atoms with E-state index in [-0.39, 0.29) is 33.9 Å². The summed E-state index contributed by atoms with van der Waals surface area (Å²) in [6.45, 7) is 0. The van der Waals surface area contributed by atoms with Crippen molar-refractivity contribution in [2.75, 3.05) is 11.8 Å². The van der Waals surface area contributed by atoms with E-state index in [1.165, 1.54) is 31.6 Å². The lowest BCUT2D eigenvalue weighted by Crippen LogP contribution is -2.20. The molecule has 10 nitrogen and oxygen atoms in total. The van der Waals surface area contributed by atoms with Crippen molar-refractivity contribution < 1.29 is 17.9 Å². The Bertz CT molecular complexity index is 1390. The van der Waals surface area contributed by atoms with Gasteiger partial charge >= 0.3 is 0 Å². The van der Waals surface area contributed by atoms with Crippen LogP contribution in [0.1, 0.15) is 0 Å². The standard InChI is InChI=1S/C21H17N5O5S/c1-30-15-10-5-6-11-16(15)31-17-18(26-32(28,29)14-8-3-2-4-9-14)24-20(25-21(17)27)19-22-12-7-13-23-19/h2-13H,1H3,(H2,24,25,26,27). The lowest BCUT2D eigenvalue weighted by atomic mass is 10.3. The molecule has 0 radical (unpaired) electrons. The van der Waals surface area contributed by atoms with Gasteiger partial charge in [0.05, 0.1) is 12.0 Å². The number of methoxy groups -OCH3 is 1. The molecular weight excluding hydrogens is 434 g/mol. The summed E-state index contributed by atoms with van der Waals surface area (Å²) in [4.78, 5) is 27.7. The molecule has 11 heteroatoms. The fourth-order valence-corrected chi connectivity index (χ4v) is 3.78. The first-order valence-corrected chi connectivity index (χ1v) is 10.8. The lowest BCUT2D eigenvalue weighted by molar-refractivity contribution is 0.377. The Morgan fingerprint density at radius 1 is 0.906 bits per heavy atom. The first kappa shape index (κ1) is 21.0. The van der Waals surface area contributed by atoms with Crippen molar-refractivity contribution in [3.8, 4) is 28.9 Å². The Labute approximate surface area is 183 Å². The summed E-state index contributed by atoms with van der Waals surface area (Å²) in [7, 11) is -2.63. The van der Waals surface area contributed by atoms with Crippen molar-refractivity contribution in [3.63, 3.8) is 0 Å². The monoisotopic (exact) mass is 451 g/mol. The van der Waals surface area contributed by atoms with E-state index < -0.39 is 15.6 Å². The quantitative estimate of drug-likeness (QED) is 0.438. The molecule has 0 atom stereocenters. The molecule has 2 N–H and O–H groups in total. The molecule has 0 bridgehead atoms. The van der Waals surface area contributed by atoms with E-state index in [2.05, 4.69) is 24.7 Å². The fraction of sp³-hybridized carbons (Fsp3) is 0.0476. The second-order valence-corrected chi connectivity index (χ2v) is 8.02. The number of ether oxygens (including phenoxy) is 2. The summed E-state index contributed by atoms with van der Waals surface area (Å²) >= 11 is 0. The van der Waals surface area contributed by atoms with Crippen molar-refractivity contribution in [3.05, 3.63) is 83.4 Å². The molecule has 2 aromatic heterocycles. The van der Waals surface area contributed by atoms with E-state index in [4.69, 9.17) is 9.47 Å². The Balaban J connectivity index is 1.84. The van der Waals surface area contributed by atoms with Gasteiger partial charge in [-0.15, -0.1) is 0 Å². The molecule has 0 amide bonds. The molecule has 4 aromatic rings. The van der Waals surface area contributed by atoms with E-state index >= 15 is 0 Å². The Morgan fingerprint density at radius 3 is 2.25 bits per heavy atom. The van der Waals surface area contributed by atoms with E-state index in [9.17, 15) is 13.2 Å². The number of hydrogen-bond acceptors (Lipinski definition) is 8. The zero-order chi connectivity index (χ0) is 22.6. The van der Waals surface area contributed by atoms with Crippen LogP contribution in [0.4, 0.5) is 5.82 Å². The molecule has 0 saturated heterocycles. The predicted octanol–water partition coefficient (Wildman–Crippen LogP) is 2.83. The number of aromatic amines is 1. The highest BCUT2D eigenvalue weighted by atomic mass is 32.2. The number of nitrogens with zero attached hydrogens (tertiary/aromatic N) is 3. The van der Waals surface area contributed by atoms with Crippen LogP contribution in [0.25, 0.3) is 11.6 Å². The van der Waals surface area contributed by atoms with Gasteiger partial charge in [-0.2, -0.15) is 0 Å². The van der Waals surface area contributed by atoms with Crippen LogP contribution in [0.5, 0.6) is 17.2 Å². The van der Waals surface area contributed by atoms with Crippen LogP contribution in [0.2, 0.25) is 0 Å². The maximum absolute atomic E-state index is 12.9. The molecule has 0 spiro atoms. The Morgan fingerprint density at radius 2 is 1.56 bits per heavy atom. The van der Waals surface area contributed by atoms with Crippen LogP contribution < -0.4 is 19.8 Å². The second kappa shape index (κ2) is 8.86. The number of hydrogen-bond donors (Lipinski definition) is 2. The first-order chi connectivity index (χ1) is 15.5. The molecular formula is C21H17N5O5S. The second-order valence-electron chi connectivity index (χ2n) is 6.34. The van der Waals surface area contributed by atoms with Crippen LogP contribution in [0, 0.1) is 0 Å². The normalized spacial score (nSPS) is 11.0. The average molecular weight is 451 g/mol. The largest absolute Gasteiger partial charge is 0.493 e. The van der Waals surface area contributed by atoms with Gasteiger partial charge in [0.15, 0.2) is 29.0 Å². The van der Waals surface area contributed by atoms with Gasteiger partial charge in [0.2, 0.25) is 5.75 Å². The molecule has 0 saturated carbocycles. The van der Waals surface area contributed by atoms with E-state index in [1.807, 2.05) is 0 Å². The minimum absolute atomic E-state index is 0.0113. The number of benzene rings is 2. The molecule has 0 unspecified atom stereocenters. The van der Waals surface area contributed by atoms with Gasteiger partial charge in [0, 0.05) is 12.4 Å². The number of H-pyrrole nitrogens is 1. The number of nitrogens with one attached hydrogen (secondary N) is 2. The zero-order valence-corrected chi connectivity index (χ0v) is 17.5. The van der Waals surface area contributed by atoms with E-state index in [1.54, 1.807) is 48.5 Å². The van der Waals surface area contributed by atoms with Crippen molar-refractivity contribution in [2.24, 2.45) is 0 Å². The third kappa shape index (κ3) is 4.42. The summed E-state index contributed by atoms with van der Waals surface area (Å²) in [5.74, 6) is -0.0765. The Kier molecular flexibility index (Phi) is 5.81. The van der Waals surface area contributed by atoms with Gasteiger partial charge < -0.3 is 14.5 Å². The van der Waals surface area contributed by atoms with Gasteiger partial charge in [-0.05, 0) is 30.3 Å². The summed E-state index contributed by atoms with van der Waals surface area (Å²) in [6, 6.07) is 15.9. The molecule has 162 valence electrons. The smallest absolute Gasteiger partial charge is 0.296 e. The van der Waals surface area contributed by atoms with Gasteiger partial charge in [0.1, 0.15) is 0 Å². The van der Waals surface area contributed by atoms with Crippen molar-refractivity contribution in [2.45, 2.75) is 4.90 Å². The van der Waals surface area contributed by atoms with Crippen molar-refractivity contribution >= 4 is 15.8 Å². The fourth-order valence-electron chi connectivity index (χ4n) is 2.75. The van der Waals surface area contributed by atoms with E-state index in [0.29, 0.717) is 5.75 Å². The van der Waals surface area contributed by atoms with Crippen LogP contribution >= 0.6 is 0 Å². The highest BCUT2D eigenvalue weighted by molar-refractivity contribution is 7.92. The summed E-state index contributed by atoms with van der Waals surface area (Å²) in [5.41, 5.74) is -0.737. The topological polar surface area (TPSA) is 136 Å². The highest BCUT2D eigenvalue weighted by Crippen LogP contribution is 2.33. The molecule has 0 fully saturated rings. The minimum atomic E-state index is -4.08. The molecule has 32 heavy (non-hydrogen) atoms. The van der Waals surface area contributed by atoms with Gasteiger partial charge in [-0.1, -0.05) is 30.3 Å². The van der Waals surface area contributed by atoms with Crippen LogP contribution in [-0.2, 0) is 10.0 Å². The predicted molar refractivity (Wildman–Crippen MR) is 116 cm³/mol. The highest BCUT2D eigenvalue weighted by Gasteiger charge is 2.23. The molecule has 0 aliphatic carbocycles. The third-order valence-corrected chi connectivity index (χ3v) is 5.57. The number of rotatable bonds is 7. The van der Waals surface area contributed by atoms with Crippen molar-refractivity contribution in [1.29, 1.82) is 0 Å². The van der Waals surface area contributed by atoms with Crippen molar-refractivity contribution in [1.82, 2.24) is 19.9 Å². The molecule has 4 rings (SSSR count). The Hall–Kier alpha value is -4.25. The maximum Gasteiger partial charge on any atom is 0.296 e. The minimum Gasteiger partial charge on any atom is -0.493 e. The van der Waals surface area contributed by atoms with Gasteiger partial charge in [-0.25, -0.2) is 23.4 Å². The van der Waals surface area contributed by atoms with Gasteiger partial charge in [0.25, 0.3) is 15.6 Å². The summed E-state index contributed by atoms with van der Waals surface area (Å²) in [5, 5.41) is 0. The number of sulfonamides is 1. The zero-order valence-electron chi connectivity index (χ0n) is 16.7. The molecule has 2 heterocycles. The maximum atomic E-state index is 12.9. The molecule has 0 aliphatic rings. The molecule has 0 aliphatic heterocycles. The molecule has 2 aromatic carbocycles. The summed E-state index contributed by atoms with van der Waals surface area (Å²) in [6.07, 6.45) is 2.94. The lowest BCUT2D eigenvalue weighted by Gasteiger charge is -2.14. The van der Waals surface area contributed by atoms with Crippen LogP contribution in [0.15, 0.2) is 82.7 Å². The van der Waals surface area contributed by atoms with Crippen LogP contribution in [-0.4, -0.2) is 35.5 Å². The van der Waals surface area contributed by atoms with Crippen LogP contribution in [0.3, 0.4) is 0 Å². The first-order valence-electron chi connectivity index (χ1n) is 9.28. The number of para-hydroxylation sites is 2. The van der Waals surface area contributed by atoms with E-state index in [0.717, 1.165) is 0 Å². The third-order valence-electron chi connectivity index (χ3n) is 4.22. The summed E-state index contributed by atoms with van der Waals surface area (Å²) < 4.78 is 39.1. The van der Waals surface area contributed by atoms with Gasteiger partial charge in [-0.3, -0.25) is 9.52 Å².